The maximum Gasteiger partial charge on any atom is 0.253 e. The van der Waals surface area contributed by atoms with Gasteiger partial charge < -0.3 is 19.9 Å². The molecule has 0 spiro atoms. The highest BCUT2D eigenvalue weighted by atomic mass is 79.9. The number of halogens is 1. The summed E-state index contributed by atoms with van der Waals surface area (Å²) in [6.45, 7) is 1.74. The summed E-state index contributed by atoms with van der Waals surface area (Å²) < 4.78 is 6.18. The van der Waals surface area contributed by atoms with Crippen LogP contribution in [0.5, 0.6) is 5.75 Å². The Morgan fingerprint density at radius 2 is 1.71 bits per heavy atom. The molecule has 0 radical (unpaired) electrons. The standard InChI is InChI=1S/C24H30BrN3O3/c1-27(2)22(17-6-10-21(31-3)11-7-17)16-26-23(29)18-12-14-28(15-13-18)24(30)19-4-8-20(25)9-5-19/h4-11,18,22H,12-16H2,1-3H3,(H,26,29). The van der Waals surface area contributed by atoms with Crippen LogP contribution in [0.2, 0.25) is 0 Å². The topological polar surface area (TPSA) is 61.9 Å². The van der Waals surface area contributed by atoms with E-state index in [0.717, 1.165) is 15.8 Å². The molecule has 31 heavy (non-hydrogen) atoms. The molecule has 2 aromatic rings. The molecule has 2 aromatic carbocycles. The second-order valence-corrected chi connectivity index (χ2v) is 8.99. The monoisotopic (exact) mass is 487 g/mol. The summed E-state index contributed by atoms with van der Waals surface area (Å²) in [7, 11) is 5.66. The lowest BCUT2D eigenvalue weighted by Gasteiger charge is -2.32. The van der Waals surface area contributed by atoms with Gasteiger partial charge >= 0.3 is 0 Å². The lowest BCUT2D eigenvalue weighted by molar-refractivity contribution is -0.126. The van der Waals surface area contributed by atoms with Gasteiger partial charge in [0.25, 0.3) is 5.91 Å². The summed E-state index contributed by atoms with van der Waals surface area (Å²) in [5.74, 6) is 0.844. The van der Waals surface area contributed by atoms with Gasteiger partial charge in [-0.2, -0.15) is 0 Å². The Kier molecular flexibility index (Phi) is 8.09. The maximum atomic E-state index is 12.8. The van der Waals surface area contributed by atoms with Crippen LogP contribution >= 0.6 is 15.9 Å². The fourth-order valence-corrected chi connectivity index (χ4v) is 4.15. The number of piperidine rings is 1. The van der Waals surface area contributed by atoms with Gasteiger partial charge in [-0.3, -0.25) is 9.59 Å². The fourth-order valence-electron chi connectivity index (χ4n) is 3.89. The van der Waals surface area contributed by atoms with E-state index in [1.807, 2.05) is 67.5 Å². The van der Waals surface area contributed by atoms with Gasteiger partial charge in [0.05, 0.1) is 13.2 Å². The smallest absolute Gasteiger partial charge is 0.253 e. The number of carbonyl (C=O) groups is 2. The molecule has 0 aliphatic carbocycles. The van der Waals surface area contributed by atoms with Crippen LogP contribution in [-0.2, 0) is 4.79 Å². The van der Waals surface area contributed by atoms with Crippen LogP contribution in [0, 0.1) is 5.92 Å². The maximum absolute atomic E-state index is 12.8. The van der Waals surface area contributed by atoms with Crippen molar-refractivity contribution < 1.29 is 14.3 Å². The molecule has 0 bridgehead atoms. The first-order valence-corrected chi connectivity index (χ1v) is 11.3. The summed E-state index contributed by atoms with van der Waals surface area (Å²) in [6, 6.07) is 15.4. The number of hydrogen-bond acceptors (Lipinski definition) is 4. The minimum atomic E-state index is -0.0624. The summed E-state index contributed by atoms with van der Waals surface area (Å²) in [6.07, 6.45) is 1.37. The molecule has 0 saturated carbocycles. The lowest BCUT2D eigenvalue weighted by atomic mass is 9.95. The Labute approximate surface area is 192 Å². The number of benzene rings is 2. The minimum Gasteiger partial charge on any atom is -0.497 e. The molecule has 1 N–H and O–H groups in total. The van der Waals surface area contributed by atoms with E-state index in [4.69, 9.17) is 4.74 Å². The normalized spacial score (nSPS) is 15.6. The number of likely N-dealkylation sites (tertiary alicyclic amines) is 1. The van der Waals surface area contributed by atoms with Crippen LogP contribution in [0.15, 0.2) is 53.0 Å². The number of nitrogens with zero attached hydrogens (tertiary/aromatic N) is 2. The summed E-state index contributed by atoms with van der Waals surface area (Å²) in [5, 5.41) is 3.12. The first-order valence-electron chi connectivity index (χ1n) is 10.5. The van der Waals surface area contributed by atoms with E-state index in [1.165, 1.54) is 0 Å². The number of likely N-dealkylation sites (N-methyl/N-ethyl adjacent to an activating group) is 1. The first-order chi connectivity index (χ1) is 14.9. The van der Waals surface area contributed by atoms with Crippen molar-refractivity contribution in [2.24, 2.45) is 5.92 Å². The van der Waals surface area contributed by atoms with E-state index in [0.29, 0.717) is 38.0 Å². The molecule has 1 atom stereocenters. The zero-order valence-electron chi connectivity index (χ0n) is 18.3. The highest BCUT2D eigenvalue weighted by Crippen LogP contribution is 2.23. The van der Waals surface area contributed by atoms with Crippen LogP contribution in [-0.4, -0.2) is 62.5 Å². The van der Waals surface area contributed by atoms with Gasteiger partial charge in [-0.1, -0.05) is 28.1 Å². The van der Waals surface area contributed by atoms with Crippen LogP contribution in [0.25, 0.3) is 0 Å². The number of amides is 2. The van der Waals surface area contributed by atoms with Gasteiger partial charge in [-0.15, -0.1) is 0 Å². The van der Waals surface area contributed by atoms with Crippen LogP contribution in [0.1, 0.15) is 34.8 Å². The van der Waals surface area contributed by atoms with Crippen molar-refractivity contribution in [3.05, 3.63) is 64.1 Å². The predicted molar refractivity (Wildman–Crippen MR) is 125 cm³/mol. The van der Waals surface area contributed by atoms with E-state index in [9.17, 15) is 9.59 Å². The lowest BCUT2D eigenvalue weighted by Crippen LogP contribution is -2.44. The van der Waals surface area contributed by atoms with Gasteiger partial charge in [0, 0.05) is 35.6 Å². The zero-order chi connectivity index (χ0) is 22.4. The summed E-state index contributed by atoms with van der Waals surface area (Å²) in [4.78, 5) is 29.4. The van der Waals surface area contributed by atoms with Crippen molar-refractivity contribution in [1.82, 2.24) is 15.1 Å². The quantitative estimate of drug-likeness (QED) is 0.646. The highest BCUT2D eigenvalue weighted by Gasteiger charge is 2.28. The molecule has 2 amide bonds. The Balaban J connectivity index is 1.51. The van der Waals surface area contributed by atoms with Crippen molar-refractivity contribution in [1.29, 1.82) is 0 Å². The number of nitrogens with one attached hydrogen (secondary N) is 1. The second-order valence-electron chi connectivity index (χ2n) is 8.07. The third kappa shape index (κ3) is 6.08. The molecule has 1 saturated heterocycles. The van der Waals surface area contributed by atoms with Gasteiger partial charge in [0.15, 0.2) is 0 Å². The average Bonchev–Trinajstić information content (AvgIpc) is 2.79. The third-order valence-electron chi connectivity index (χ3n) is 5.84. The van der Waals surface area contributed by atoms with Crippen molar-refractivity contribution in [3.63, 3.8) is 0 Å². The van der Waals surface area contributed by atoms with E-state index >= 15 is 0 Å². The Bertz CT molecular complexity index is 876. The third-order valence-corrected chi connectivity index (χ3v) is 6.37. The molecule has 1 fully saturated rings. The molecule has 0 aromatic heterocycles. The molecule has 6 nitrogen and oxygen atoms in total. The average molecular weight is 488 g/mol. The van der Waals surface area contributed by atoms with E-state index < -0.39 is 0 Å². The minimum absolute atomic E-state index is 0.0264. The fraction of sp³-hybridized carbons (Fsp3) is 0.417. The van der Waals surface area contributed by atoms with Gasteiger partial charge in [-0.25, -0.2) is 0 Å². The molecule has 1 unspecified atom stereocenters. The molecule has 1 heterocycles. The highest BCUT2D eigenvalue weighted by molar-refractivity contribution is 9.10. The summed E-state index contributed by atoms with van der Waals surface area (Å²) >= 11 is 3.39. The van der Waals surface area contributed by atoms with E-state index in [-0.39, 0.29) is 23.8 Å². The first kappa shape index (κ1) is 23.3. The molecule has 7 heteroatoms. The number of ether oxygens (including phenoxy) is 1. The Morgan fingerprint density at radius 3 is 2.26 bits per heavy atom. The molecule has 1 aliphatic heterocycles. The van der Waals surface area contributed by atoms with E-state index in [2.05, 4.69) is 26.1 Å². The van der Waals surface area contributed by atoms with Crippen molar-refractivity contribution in [2.45, 2.75) is 18.9 Å². The number of hydrogen-bond donors (Lipinski definition) is 1. The van der Waals surface area contributed by atoms with Crippen LogP contribution < -0.4 is 10.1 Å². The number of rotatable bonds is 7. The molecular formula is C24H30BrN3O3. The predicted octanol–water partition coefficient (Wildman–Crippen LogP) is 3.73. The molecule has 3 rings (SSSR count). The molecule has 1 aliphatic rings. The number of methoxy groups -OCH3 is 1. The number of carbonyl (C=O) groups excluding carboxylic acids is 2. The van der Waals surface area contributed by atoms with Crippen LogP contribution in [0.3, 0.4) is 0 Å². The van der Waals surface area contributed by atoms with Crippen molar-refractivity contribution in [3.8, 4) is 5.75 Å². The van der Waals surface area contributed by atoms with Crippen LogP contribution in [0.4, 0.5) is 0 Å². The molecule has 166 valence electrons. The van der Waals surface area contributed by atoms with E-state index in [1.54, 1.807) is 7.11 Å². The van der Waals surface area contributed by atoms with Gasteiger partial charge in [-0.05, 0) is 68.9 Å². The second kappa shape index (κ2) is 10.8. The van der Waals surface area contributed by atoms with Crippen molar-refractivity contribution in [2.75, 3.05) is 40.8 Å². The van der Waals surface area contributed by atoms with Gasteiger partial charge in [0.1, 0.15) is 5.75 Å². The largest absolute Gasteiger partial charge is 0.497 e. The van der Waals surface area contributed by atoms with Crippen molar-refractivity contribution >= 4 is 27.7 Å². The summed E-state index contributed by atoms with van der Waals surface area (Å²) in [5.41, 5.74) is 1.81. The Hall–Kier alpha value is -2.38. The van der Waals surface area contributed by atoms with Gasteiger partial charge in [0.2, 0.25) is 5.91 Å². The zero-order valence-corrected chi connectivity index (χ0v) is 19.9. The molecular weight excluding hydrogens is 458 g/mol. The Morgan fingerprint density at radius 1 is 1.10 bits per heavy atom. The SMILES string of the molecule is COc1ccc(C(CNC(=O)C2CCN(C(=O)c3ccc(Br)cc3)CC2)N(C)C)cc1.